The first-order valence-corrected chi connectivity index (χ1v) is 13.8. The fourth-order valence-electron chi connectivity index (χ4n) is 4.75. The summed E-state index contributed by atoms with van der Waals surface area (Å²) in [6.07, 6.45) is 3.71. The predicted octanol–water partition coefficient (Wildman–Crippen LogP) is 2.66. The number of imidazole rings is 1. The molecule has 35 heavy (non-hydrogen) atoms. The molecule has 2 aliphatic heterocycles. The van der Waals surface area contributed by atoms with Crippen LogP contribution in [0.5, 0.6) is 5.75 Å². The van der Waals surface area contributed by atoms with E-state index in [4.69, 9.17) is 9.47 Å². The molecule has 2 aromatic heterocycles. The van der Waals surface area contributed by atoms with E-state index in [2.05, 4.69) is 10.3 Å². The fourth-order valence-corrected chi connectivity index (χ4v) is 7.74. The highest BCUT2D eigenvalue weighted by Crippen LogP contribution is 2.41. The van der Waals surface area contributed by atoms with Gasteiger partial charge in [-0.3, -0.25) is 4.79 Å². The van der Waals surface area contributed by atoms with E-state index in [-0.39, 0.29) is 5.91 Å². The number of hydrogen-bond acceptors (Lipinski definition) is 7. The summed E-state index contributed by atoms with van der Waals surface area (Å²) in [6.45, 7) is 3.14. The van der Waals surface area contributed by atoms with Gasteiger partial charge in [-0.1, -0.05) is 12.1 Å². The van der Waals surface area contributed by atoms with Crippen molar-refractivity contribution in [1.29, 1.82) is 0 Å². The Morgan fingerprint density at radius 3 is 2.66 bits per heavy atom. The van der Waals surface area contributed by atoms with Crippen LogP contribution in [-0.4, -0.2) is 54.5 Å². The van der Waals surface area contributed by atoms with Gasteiger partial charge in [-0.15, -0.1) is 11.3 Å². The number of ether oxygens (including phenoxy) is 2. The number of sulfonamides is 1. The second kappa shape index (κ2) is 9.38. The summed E-state index contributed by atoms with van der Waals surface area (Å²) in [5.41, 5.74) is 0.907. The third kappa shape index (κ3) is 4.49. The molecule has 1 saturated heterocycles. The van der Waals surface area contributed by atoms with Crippen molar-refractivity contribution in [1.82, 2.24) is 19.2 Å². The standard InChI is InChI=1S/C24H28N4O5S2/c1-17-7-14-34-22(17)35(30,31)28-11-8-24(9-12-28)23-25-10-13-27(23)16-20(33-24)21(29)26-15-18-3-5-19(32-2)6-4-18/h3-7,10,13-14,20H,8-9,11-12,15-16H2,1-2H3,(H,26,29). The zero-order chi connectivity index (χ0) is 24.6. The van der Waals surface area contributed by atoms with Crippen molar-refractivity contribution in [3.05, 3.63) is 65.1 Å². The van der Waals surface area contributed by atoms with Crippen LogP contribution in [0.4, 0.5) is 0 Å². The predicted molar refractivity (Wildman–Crippen MR) is 131 cm³/mol. The van der Waals surface area contributed by atoms with Crippen molar-refractivity contribution < 1.29 is 22.7 Å². The van der Waals surface area contributed by atoms with Gasteiger partial charge in [0.05, 0.1) is 13.7 Å². The van der Waals surface area contributed by atoms with Crippen LogP contribution in [0.3, 0.4) is 0 Å². The highest BCUT2D eigenvalue weighted by atomic mass is 32.2. The van der Waals surface area contributed by atoms with Crippen LogP contribution in [-0.2, 0) is 38.2 Å². The molecule has 0 bridgehead atoms. The van der Waals surface area contributed by atoms with Gasteiger partial charge in [0.1, 0.15) is 21.4 Å². The van der Waals surface area contributed by atoms with Crippen LogP contribution in [0.2, 0.25) is 0 Å². The van der Waals surface area contributed by atoms with E-state index < -0.39 is 21.7 Å². The normalized spacial score (nSPS) is 19.9. The number of hydrogen-bond donors (Lipinski definition) is 1. The lowest BCUT2D eigenvalue weighted by Gasteiger charge is -2.45. The Morgan fingerprint density at radius 1 is 1.26 bits per heavy atom. The Bertz CT molecular complexity index is 1310. The number of benzene rings is 1. The molecule has 0 saturated carbocycles. The van der Waals surface area contributed by atoms with Crippen molar-refractivity contribution in [3.8, 4) is 5.75 Å². The molecular weight excluding hydrogens is 488 g/mol. The van der Waals surface area contributed by atoms with E-state index in [1.807, 2.05) is 48.0 Å². The number of methoxy groups -OCH3 is 1. The van der Waals surface area contributed by atoms with Crippen molar-refractivity contribution in [2.75, 3.05) is 20.2 Å². The number of amides is 1. The number of piperidine rings is 1. The van der Waals surface area contributed by atoms with Gasteiger partial charge in [-0.05, 0) is 54.5 Å². The van der Waals surface area contributed by atoms with Gasteiger partial charge < -0.3 is 19.4 Å². The van der Waals surface area contributed by atoms with Gasteiger partial charge in [-0.25, -0.2) is 13.4 Å². The molecule has 186 valence electrons. The molecular formula is C24H28N4O5S2. The van der Waals surface area contributed by atoms with E-state index in [0.717, 1.165) is 22.7 Å². The Balaban J connectivity index is 1.29. The molecule has 1 unspecified atom stereocenters. The second-order valence-corrected chi connectivity index (χ2v) is 11.9. The first kappa shape index (κ1) is 24.0. The van der Waals surface area contributed by atoms with Crippen molar-refractivity contribution in [2.45, 2.75) is 48.8 Å². The highest BCUT2D eigenvalue weighted by molar-refractivity contribution is 7.91. The molecule has 0 radical (unpaired) electrons. The van der Waals surface area contributed by atoms with Gasteiger partial charge in [-0.2, -0.15) is 4.31 Å². The van der Waals surface area contributed by atoms with Gasteiger partial charge in [0.2, 0.25) is 0 Å². The summed E-state index contributed by atoms with van der Waals surface area (Å²) in [7, 11) is -1.95. The number of thiophene rings is 1. The number of nitrogens with one attached hydrogen (secondary N) is 1. The summed E-state index contributed by atoms with van der Waals surface area (Å²) in [5, 5.41) is 4.76. The third-order valence-electron chi connectivity index (χ3n) is 6.69. The SMILES string of the molecule is COc1ccc(CNC(=O)C2Cn3ccnc3C3(CCN(S(=O)(=O)c4sccc4C)CC3)O2)cc1. The van der Waals surface area contributed by atoms with E-state index >= 15 is 0 Å². The van der Waals surface area contributed by atoms with Crippen LogP contribution >= 0.6 is 11.3 Å². The number of rotatable bonds is 6. The van der Waals surface area contributed by atoms with Crippen LogP contribution in [0, 0.1) is 6.92 Å². The monoisotopic (exact) mass is 516 g/mol. The zero-order valence-electron chi connectivity index (χ0n) is 19.6. The number of carbonyl (C=O) groups excluding carboxylic acids is 1. The maximum absolute atomic E-state index is 13.2. The smallest absolute Gasteiger partial charge is 0.252 e. The summed E-state index contributed by atoms with van der Waals surface area (Å²) in [5.74, 6) is 1.30. The molecule has 1 atom stereocenters. The molecule has 2 aliphatic rings. The van der Waals surface area contributed by atoms with E-state index in [1.54, 1.807) is 18.7 Å². The maximum Gasteiger partial charge on any atom is 0.252 e. The topological polar surface area (TPSA) is 103 Å². The number of aromatic nitrogens is 2. The first-order chi connectivity index (χ1) is 16.8. The van der Waals surface area contributed by atoms with Crippen molar-refractivity contribution >= 4 is 27.3 Å². The van der Waals surface area contributed by atoms with E-state index in [9.17, 15) is 13.2 Å². The second-order valence-electron chi connectivity index (χ2n) is 8.87. The lowest BCUT2D eigenvalue weighted by molar-refractivity contribution is -0.171. The number of fused-ring (bicyclic) bond motifs is 2. The first-order valence-electron chi connectivity index (χ1n) is 11.5. The molecule has 5 rings (SSSR count). The minimum Gasteiger partial charge on any atom is -0.497 e. The van der Waals surface area contributed by atoms with Gasteiger partial charge in [0, 0.05) is 32.0 Å². The van der Waals surface area contributed by atoms with Crippen LogP contribution in [0.15, 0.2) is 52.3 Å². The Morgan fingerprint density at radius 2 is 2.00 bits per heavy atom. The molecule has 3 aromatic rings. The zero-order valence-corrected chi connectivity index (χ0v) is 21.3. The quantitative estimate of drug-likeness (QED) is 0.541. The molecule has 9 nitrogen and oxygen atoms in total. The molecule has 4 heterocycles. The number of aryl methyl sites for hydroxylation is 1. The minimum absolute atomic E-state index is 0.205. The lowest BCUT2D eigenvalue weighted by Crippen LogP contribution is -2.54. The van der Waals surface area contributed by atoms with Gasteiger partial charge in [0.25, 0.3) is 15.9 Å². The summed E-state index contributed by atoms with van der Waals surface area (Å²) in [4.78, 5) is 17.6. The minimum atomic E-state index is -3.56. The number of carbonyl (C=O) groups is 1. The van der Waals surface area contributed by atoms with Crippen LogP contribution < -0.4 is 10.1 Å². The Hall–Kier alpha value is -2.73. The van der Waals surface area contributed by atoms with E-state index in [1.165, 1.54) is 15.6 Å². The molecule has 11 heteroatoms. The Kier molecular flexibility index (Phi) is 6.43. The lowest BCUT2D eigenvalue weighted by atomic mass is 9.89. The van der Waals surface area contributed by atoms with Crippen molar-refractivity contribution in [2.24, 2.45) is 0 Å². The highest BCUT2D eigenvalue weighted by Gasteiger charge is 2.48. The van der Waals surface area contributed by atoms with Gasteiger partial charge in [0.15, 0.2) is 6.10 Å². The summed E-state index contributed by atoms with van der Waals surface area (Å²) < 4.78 is 41.8. The average molecular weight is 517 g/mol. The van der Waals surface area contributed by atoms with Crippen LogP contribution in [0.1, 0.15) is 29.8 Å². The number of nitrogens with zero attached hydrogens (tertiary/aromatic N) is 3. The molecule has 1 amide bonds. The summed E-state index contributed by atoms with van der Waals surface area (Å²) in [6, 6.07) is 9.33. The van der Waals surface area contributed by atoms with Crippen molar-refractivity contribution in [3.63, 3.8) is 0 Å². The van der Waals surface area contributed by atoms with Crippen LogP contribution in [0.25, 0.3) is 0 Å². The van der Waals surface area contributed by atoms with Gasteiger partial charge >= 0.3 is 0 Å². The summed E-state index contributed by atoms with van der Waals surface area (Å²) >= 11 is 1.24. The third-order valence-corrected chi connectivity index (χ3v) is 10.3. The van der Waals surface area contributed by atoms with E-state index in [0.29, 0.717) is 43.2 Å². The fraction of sp³-hybridized carbons (Fsp3) is 0.417. The molecule has 1 spiro atoms. The molecule has 1 fully saturated rings. The Labute approximate surface area is 208 Å². The maximum atomic E-state index is 13.2. The molecule has 1 N–H and O–H groups in total. The largest absolute Gasteiger partial charge is 0.497 e. The average Bonchev–Trinajstić information content (AvgIpc) is 3.53. The molecule has 1 aromatic carbocycles. The molecule has 0 aliphatic carbocycles.